The fourth-order valence-electron chi connectivity index (χ4n) is 1.36. The van der Waals surface area contributed by atoms with E-state index in [2.05, 4.69) is 15.5 Å². The number of nitrogens with zero attached hydrogens (tertiary/aromatic N) is 1. The van der Waals surface area contributed by atoms with Gasteiger partial charge in [0.15, 0.2) is 5.78 Å². The number of hydrogen-bond donors (Lipinski definition) is 2. The van der Waals surface area contributed by atoms with Crippen LogP contribution >= 0.6 is 0 Å². The molecule has 0 aromatic carbocycles. The van der Waals surface area contributed by atoms with Gasteiger partial charge in [0, 0.05) is 12.2 Å². The van der Waals surface area contributed by atoms with Gasteiger partial charge < -0.3 is 5.32 Å². The summed E-state index contributed by atoms with van der Waals surface area (Å²) in [5, 5.41) is 9.77. The second-order valence-corrected chi connectivity index (χ2v) is 2.70. The second kappa shape index (κ2) is 2.17. The number of nitrogens with one attached hydrogen (secondary N) is 2. The number of H-pyrrole nitrogens is 1. The summed E-state index contributed by atoms with van der Waals surface area (Å²) >= 11 is 0. The van der Waals surface area contributed by atoms with Crippen LogP contribution < -0.4 is 5.32 Å². The molecule has 1 aromatic heterocycles. The van der Waals surface area contributed by atoms with Crippen LogP contribution in [0.25, 0.3) is 0 Å². The summed E-state index contributed by atoms with van der Waals surface area (Å²) in [6, 6.07) is 0. The van der Waals surface area contributed by atoms with Crippen LogP contribution in [0.2, 0.25) is 0 Å². The van der Waals surface area contributed by atoms with Crippen LogP contribution in [0.15, 0.2) is 0 Å². The topological polar surface area (TPSA) is 57.8 Å². The average molecular weight is 151 g/mol. The van der Waals surface area contributed by atoms with Gasteiger partial charge in [0.25, 0.3) is 0 Å². The largest absolute Gasteiger partial charge is 0.304 e. The molecule has 0 fully saturated rings. The van der Waals surface area contributed by atoms with Crippen molar-refractivity contribution in [2.45, 2.75) is 13.5 Å². The van der Waals surface area contributed by atoms with Crippen molar-refractivity contribution in [2.75, 3.05) is 6.54 Å². The maximum absolute atomic E-state index is 11.2. The summed E-state index contributed by atoms with van der Waals surface area (Å²) in [5.74, 6) is 0.137. The van der Waals surface area contributed by atoms with Gasteiger partial charge in [0.05, 0.1) is 17.8 Å². The Morgan fingerprint density at radius 3 is 3.00 bits per heavy atom. The van der Waals surface area contributed by atoms with Crippen molar-refractivity contribution in [2.24, 2.45) is 0 Å². The number of Topliss-reactive ketones (excluding diaryl/α,β-unsaturated/α-hetero) is 1. The quantitative estimate of drug-likeness (QED) is 0.549. The Balaban J connectivity index is 2.56. The highest BCUT2D eigenvalue weighted by atomic mass is 16.1. The number of hydrogen-bond acceptors (Lipinski definition) is 3. The Kier molecular flexibility index (Phi) is 1.29. The van der Waals surface area contributed by atoms with Gasteiger partial charge in [-0.15, -0.1) is 0 Å². The summed E-state index contributed by atoms with van der Waals surface area (Å²) in [4.78, 5) is 11.2. The Morgan fingerprint density at radius 1 is 1.45 bits per heavy atom. The maximum Gasteiger partial charge on any atom is 0.180 e. The van der Waals surface area contributed by atoms with Crippen molar-refractivity contribution < 1.29 is 4.79 Å². The highest BCUT2D eigenvalue weighted by Crippen LogP contribution is 2.13. The first-order chi connectivity index (χ1) is 5.29. The molecule has 0 radical (unpaired) electrons. The number of ketones is 1. The third-order valence-corrected chi connectivity index (χ3v) is 1.88. The molecule has 4 nitrogen and oxygen atoms in total. The van der Waals surface area contributed by atoms with Crippen LogP contribution in [0.4, 0.5) is 0 Å². The fourth-order valence-corrected chi connectivity index (χ4v) is 1.36. The minimum absolute atomic E-state index is 0.137. The van der Waals surface area contributed by atoms with E-state index in [1.54, 1.807) is 0 Å². The van der Waals surface area contributed by atoms with E-state index >= 15 is 0 Å². The molecule has 2 rings (SSSR count). The van der Waals surface area contributed by atoms with E-state index in [0.717, 1.165) is 17.0 Å². The third-order valence-electron chi connectivity index (χ3n) is 1.88. The zero-order valence-corrected chi connectivity index (χ0v) is 6.27. The first-order valence-corrected chi connectivity index (χ1v) is 3.57. The number of fused-ring (bicyclic) bond motifs is 1. The lowest BCUT2D eigenvalue weighted by molar-refractivity contribution is 0.0981. The van der Waals surface area contributed by atoms with Gasteiger partial charge in [-0.2, -0.15) is 5.10 Å². The highest BCUT2D eigenvalue weighted by Gasteiger charge is 2.21. The van der Waals surface area contributed by atoms with Gasteiger partial charge >= 0.3 is 0 Å². The van der Waals surface area contributed by atoms with E-state index in [1.165, 1.54) is 0 Å². The van der Waals surface area contributed by atoms with Crippen LogP contribution in [-0.2, 0) is 6.54 Å². The van der Waals surface area contributed by atoms with Crippen LogP contribution in [0, 0.1) is 6.92 Å². The normalized spacial score (nSPS) is 16.6. The van der Waals surface area contributed by atoms with E-state index in [-0.39, 0.29) is 5.78 Å². The molecule has 0 bridgehead atoms. The molecule has 0 amide bonds. The highest BCUT2D eigenvalue weighted by molar-refractivity contribution is 6.00. The van der Waals surface area contributed by atoms with Crippen LogP contribution in [0.3, 0.4) is 0 Å². The Morgan fingerprint density at radius 2 is 2.27 bits per heavy atom. The van der Waals surface area contributed by atoms with Crippen molar-refractivity contribution in [3.63, 3.8) is 0 Å². The van der Waals surface area contributed by atoms with E-state index in [1.807, 2.05) is 6.92 Å². The van der Waals surface area contributed by atoms with Crippen molar-refractivity contribution in [1.82, 2.24) is 15.5 Å². The average Bonchev–Trinajstić information content (AvgIpc) is 2.34. The lowest BCUT2D eigenvalue weighted by Crippen LogP contribution is -2.29. The summed E-state index contributed by atoms with van der Waals surface area (Å²) in [6.45, 7) is 3.01. The smallest absolute Gasteiger partial charge is 0.180 e. The second-order valence-electron chi connectivity index (χ2n) is 2.70. The monoisotopic (exact) mass is 151 g/mol. The predicted octanol–water partition coefficient (Wildman–Crippen LogP) is 0.00402. The standard InChI is InChI=1S/C7H9N3O/c1-4-7-5(10-9-4)2-8-3-6(7)11/h8H,2-3H2,1H3,(H,9,10). The summed E-state index contributed by atoms with van der Waals surface area (Å²) in [7, 11) is 0. The van der Waals surface area contributed by atoms with Crippen LogP contribution in [0.1, 0.15) is 21.7 Å². The molecule has 0 spiro atoms. The van der Waals surface area contributed by atoms with Crippen LogP contribution in [0.5, 0.6) is 0 Å². The van der Waals surface area contributed by atoms with Gasteiger partial charge in [0.1, 0.15) is 0 Å². The Labute approximate surface area is 64.0 Å². The molecule has 2 heterocycles. The molecule has 1 aliphatic heterocycles. The molecule has 2 N–H and O–H groups in total. The number of carbonyl (C=O) groups is 1. The number of aryl methyl sites for hydroxylation is 1. The number of carbonyl (C=O) groups excluding carboxylic acids is 1. The maximum atomic E-state index is 11.2. The minimum atomic E-state index is 0.137. The molecule has 0 atom stereocenters. The molecule has 0 aliphatic carbocycles. The Hall–Kier alpha value is -1.16. The molecule has 1 aliphatic rings. The minimum Gasteiger partial charge on any atom is -0.304 e. The first kappa shape index (κ1) is 6.54. The predicted molar refractivity (Wildman–Crippen MR) is 39.4 cm³/mol. The zero-order valence-electron chi connectivity index (χ0n) is 6.27. The summed E-state index contributed by atoms with van der Waals surface area (Å²) < 4.78 is 0. The molecular formula is C7H9N3O. The SMILES string of the molecule is Cc1[nH]nc2c1C(=O)CNC2. The number of rotatable bonds is 0. The van der Waals surface area contributed by atoms with E-state index in [0.29, 0.717) is 13.1 Å². The van der Waals surface area contributed by atoms with E-state index < -0.39 is 0 Å². The lowest BCUT2D eigenvalue weighted by Gasteiger charge is -2.09. The molecule has 0 saturated heterocycles. The third kappa shape index (κ3) is 0.867. The number of aromatic amines is 1. The van der Waals surface area contributed by atoms with Crippen molar-refractivity contribution in [3.05, 3.63) is 17.0 Å². The Bertz CT molecular complexity index is 303. The van der Waals surface area contributed by atoms with Gasteiger partial charge in [-0.3, -0.25) is 9.89 Å². The first-order valence-electron chi connectivity index (χ1n) is 3.57. The molecule has 11 heavy (non-hydrogen) atoms. The molecule has 0 unspecified atom stereocenters. The molecule has 4 heteroatoms. The molecule has 0 saturated carbocycles. The van der Waals surface area contributed by atoms with Gasteiger partial charge in [0.2, 0.25) is 0 Å². The summed E-state index contributed by atoms with van der Waals surface area (Å²) in [6.07, 6.45) is 0. The zero-order chi connectivity index (χ0) is 7.84. The van der Waals surface area contributed by atoms with Gasteiger partial charge in [-0.1, -0.05) is 0 Å². The van der Waals surface area contributed by atoms with Crippen LogP contribution in [-0.4, -0.2) is 22.5 Å². The molecule has 1 aromatic rings. The van der Waals surface area contributed by atoms with Crippen molar-refractivity contribution in [3.8, 4) is 0 Å². The summed E-state index contributed by atoms with van der Waals surface area (Å²) in [5.41, 5.74) is 2.51. The van der Waals surface area contributed by atoms with E-state index in [4.69, 9.17) is 0 Å². The van der Waals surface area contributed by atoms with Crippen molar-refractivity contribution in [1.29, 1.82) is 0 Å². The van der Waals surface area contributed by atoms with Crippen molar-refractivity contribution >= 4 is 5.78 Å². The van der Waals surface area contributed by atoms with E-state index in [9.17, 15) is 4.79 Å². The van der Waals surface area contributed by atoms with Gasteiger partial charge in [-0.25, -0.2) is 0 Å². The number of aromatic nitrogens is 2. The lowest BCUT2D eigenvalue weighted by atomic mass is 10.1. The molecule has 58 valence electrons. The van der Waals surface area contributed by atoms with Gasteiger partial charge in [-0.05, 0) is 6.92 Å². The molecular weight excluding hydrogens is 142 g/mol. The fraction of sp³-hybridized carbons (Fsp3) is 0.429.